The van der Waals surface area contributed by atoms with Gasteiger partial charge < -0.3 is 5.32 Å². The molecule has 1 saturated heterocycles. The first kappa shape index (κ1) is 20.7. The van der Waals surface area contributed by atoms with Crippen LogP contribution in [0.3, 0.4) is 0 Å². The number of benzene rings is 1. The topological polar surface area (TPSA) is 101 Å². The summed E-state index contributed by atoms with van der Waals surface area (Å²) in [6, 6.07) is 7.67. The van der Waals surface area contributed by atoms with Gasteiger partial charge in [0.2, 0.25) is 10.0 Å². The number of amides is 1. The second kappa shape index (κ2) is 7.96. The minimum absolute atomic E-state index is 0.0105. The number of nitrogens with zero attached hydrogens (tertiary/aromatic N) is 3. The molecule has 0 saturated carbocycles. The van der Waals surface area contributed by atoms with Crippen LogP contribution in [0.5, 0.6) is 0 Å². The molecular weight excluding hydrogens is 404 g/mol. The van der Waals surface area contributed by atoms with Crippen LogP contribution < -0.4 is 5.32 Å². The average molecular weight is 431 g/mol. The number of aryl methyl sites for hydroxylation is 1. The Labute approximate surface area is 176 Å². The van der Waals surface area contributed by atoms with Gasteiger partial charge in [0.1, 0.15) is 5.69 Å². The number of carbonyl (C=O) groups is 2. The predicted molar refractivity (Wildman–Crippen MR) is 112 cm³/mol. The number of ketones is 1. The van der Waals surface area contributed by atoms with Crippen LogP contribution in [0.2, 0.25) is 0 Å². The molecule has 160 valence electrons. The number of hydrogen-bond donors (Lipinski definition) is 1. The van der Waals surface area contributed by atoms with Crippen molar-refractivity contribution in [3.63, 3.8) is 0 Å². The fraction of sp³-hybridized carbons (Fsp3) is 0.476. The molecule has 1 aromatic heterocycles. The van der Waals surface area contributed by atoms with Gasteiger partial charge in [-0.3, -0.25) is 14.3 Å². The number of sulfonamides is 1. The lowest BCUT2D eigenvalue weighted by Gasteiger charge is -2.34. The first-order valence-corrected chi connectivity index (χ1v) is 11.7. The summed E-state index contributed by atoms with van der Waals surface area (Å²) >= 11 is 0. The Hall–Kier alpha value is -2.52. The van der Waals surface area contributed by atoms with Crippen molar-refractivity contribution in [2.24, 2.45) is 11.8 Å². The molecule has 0 radical (unpaired) electrons. The summed E-state index contributed by atoms with van der Waals surface area (Å²) in [4.78, 5) is 24.7. The van der Waals surface area contributed by atoms with Gasteiger partial charge in [-0.2, -0.15) is 9.40 Å². The van der Waals surface area contributed by atoms with E-state index in [2.05, 4.69) is 24.3 Å². The van der Waals surface area contributed by atoms with Crippen molar-refractivity contribution in [3.05, 3.63) is 41.7 Å². The van der Waals surface area contributed by atoms with Crippen LogP contribution in [0.4, 0.5) is 5.69 Å². The molecule has 8 nitrogen and oxygen atoms in total. The summed E-state index contributed by atoms with van der Waals surface area (Å²) in [7, 11) is -3.57. The lowest BCUT2D eigenvalue weighted by molar-refractivity contribution is 0.0950. The molecular formula is C21H26N4O4S. The van der Waals surface area contributed by atoms with E-state index < -0.39 is 15.9 Å². The second-order valence-corrected chi connectivity index (χ2v) is 10.3. The van der Waals surface area contributed by atoms with Gasteiger partial charge in [-0.15, -0.1) is 0 Å². The van der Waals surface area contributed by atoms with Gasteiger partial charge in [0, 0.05) is 37.8 Å². The van der Waals surface area contributed by atoms with E-state index in [1.54, 1.807) is 21.1 Å². The average Bonchev–Trinajstić information content (AvgIpc) is 3.14. The smallest absolute Gasteiger partial charge is 0.276 e. The number of carbonyl (C=O) groups excluding carboxylic acids is 2. The maximum absolute atomic E-state index is 13.0. The third-order valence-electron chi connectivity index (χ3n) is 5.66. The lowest BCUT2D eigenvalue weighted by Crippen LogP contribution is -2.42. The number of piperidine rings is 1. The molecule has 4 rings (SSSR count). The Morgan fingerprint density at radius 3 is 2.43 bits per heavy atom. The van der Waals surface area contributed by atoms with Crippen molar-refractivity contribution in [1.82, 2.24) is 14.1 Å². The maximum Gasteiger partial charge on any atom is 0.276 e. The standard InChI is InChI=1S/C21H26N4O4S/c1-14-10-15(2)13-24(12-14)30(28,29)17-7-5-16(6-8-17)22-21(27)18-11-19-20(26)4-3-9-25(19)23-18/h5-8,11,14-15H,3-4,9-10,12-13H2,1-2H3,(H,22,27). The summed E-state index contributed by atoms with van der Waals surface area (Å²) in [5.41, 5.74) is 1.10. The highest BCUT2D eigenvalue weighted by Gasteiger charge is 2.31. The van der Waals surface area contributed by atoms with Crippen LogP contribution in [0.15, 0.2) is 35.2 Å². The summed E-state index contributed by atoms with van der Waals surface area (Å²) in [5, 5.41) is 6.93. The summed E-state index contributed by atoms with van der Waals surface area (Å²) in [6.07, 6.45) is 2.22. The van der Waals surface area contributed by atoms with Gasteiger partial charge in [0.05, 0.1) is 4.90 Å². The molecule has 0 aliphatic carbocycles. The molecule has 1 aromatic carbocycles. The quantitative estimate of drug-likeness (QED) is 0.804. The van der Waals surface area contributed by atoms with Crippen LogP contribution >= 0.6 is 0 Å². The van der Waals surface area contributed by atoms with Crippen LogP contribution in [0.1, 0.15) is 54.1 Å². The van der Waals surface area contributed by atoms with Crippen LogP contribution in [-0.2, 0) is 16.6 Å². The molecule has 2 aliphatic rings. The lowest BCUT2D eigenvalue weighted by atomic mass is 9.94. The van der Waals surface area contributed by atoms with E-state index in [0.717, 1.165) is 12.8 Å². The Morgan fingerprint density at radius 1 is 1.13 bits per heavy atom. The summed E-state index contributed by atoms with van der Waals surface area (Å²) < 4.78 is 29.1. The van der Waals surface area contributed by atoms with E-state index in [9.17, 15) is 18.0 Å². The SMILES string of the molecule is CC1CC(C)CN(S(=O)(=O)c2ccc(NC(=O)c3cc4n(n3)CCCC4=O)cc2)C1. The molecule has 2 aromatic rings. The van der Waals surface area contributed by atoms with Gasteiger partial charge >= 0.3 is 0 Å². The first-order valence-electron chi connectivity index (χ1n) is 10.3. The molecule has 3 heterocycles. The Kier molecular flexibility index (Phi) is 5.50. The summed E-state index contributed by atoms with van der Waals surface area (Å²) in [6.45, 7) is 5.80. The highest BCUT2D eigenvalue weighted by Crippen LogP contribution is 2.27. The van der Waals surface area contributed by atoms with Crippen LogP contribution in [0.25, 0.3) is 0 Å². The predicted octanol–water partition coefficient (Wildman–Crippen LogP) is 2.78. The fourth-order valence-corrected chi connectivity index (χ4v) is 5.98. The van der Waals surface area contributed by atoms with Gasteiger partial charge in [0.25, 0.3) is 5.91 Å². The van der Waals surface area contributed by atoms with Crippen LogP contribution in [-0.4, -0.2) is 47.3 Å². The highest BCUT2D eigenvalue weighted by atomic mass is 32.2. The molecule has 1 N–H and O–H groups in total. The number of nitrogens with one attached hydrogen (secondary N) is 1. The maximum atomic E-state index is 13.0. The summed E-state index contributed by atoms with van der Waals surface area (Å²) in [5.74, 6) is 0.215. The van der Waals surface area contributed by atoms with Crippen LogP contribution in [0, 0.1) is 11.8 Å². The van der Waals surface area contributed by atoms with E-state index in [1.807, 2.05) is 0 Å². The molecule has 0 bridgehead atoms. The van der Waals surface area contributed by atoms with Crippen molar-refractivity contribution < 1.29 is 18.0 Å². The Balaban J connectivity index is 1.47. The van der Waals surface area contributed by atoms with Gasteiger partial charge in [0.15, 0.2) is 11.5 Å². The number of fused-ring (bicyclic) bond motifs is 1. The Morgan fingerprint density at radius 2 is 1.80 bits per heavy atom. The molecule has 1 amide bonds. The van der Waals surface area contributed by atoms with E-state index in [1.165, 1.54) is 18.2 Å². The van der Waals surface area contributed by atoms with Gasteiger partial charge in [-0.25, -0.2) is 8.42 Å². The monoisotopic (exact) mass is 430 g/mol. The van der Waals surface area contributed by atoms with E-state index in [4.69, 9.17) is 0 Å². The number of Topliss-reactive ketones (excluding diaryl/α,β-unsaturated/α-hetero) is 1. The second-order valence-electron chi connectivity index (χ2n) is 8.41. The minimum Gasteiger partial charge on any atom is -0.321 e. The molecule has 2 aliphatic heterocycles. The number of aromatic nitrogens is 2. The molecule has 2 unspecified atom stereocenters. The van der Waals surface area contributed by atoms with Crippen molar-refractivity contribution in [2.75, 3.05) is 18.4 Å². The van der Waals surface area contributed by atoms with Gasteiger partial charge in [-0.1, -0.05) is 13.8 Å². The molecule has 30 heavy (non-hydrogen) atoms. The third kappa shape index (κ3) is 4.04. The zero-order valence-electron chi connectivity index (χ0n) is 17.2. The minimum atomic E-state index is -3.57. The fourth-order valence-electron chi connectivity index (χ4n) is 4.30. The van der Waals surface area contributed by atoms with Crippen molar-refractivity contribution >= 4 is 27.4 Å². The largest absolute Gasteiger partial charge is 0.321 e. The van der Waals surface area contributed by atoms with Crippen molar-refractivity contribution in [1.29, 1.82) is 0 Å². The molecule has 0 spiro atoms. The van der Waals surface area contributed by atoms with Crippen molar-refractivity contribution in [3.8, 4) is 0 Å². The first-order chi connectivity index (χ1) is 14.2. The van der Waals surface area contributed by atoms with Crippen molar-refractivity contribution in [2.45, 2.75) is 44.6 Å². The third-order valence-corrected chi connectivity index (χ3v) is 7.50. The Bertz CT molecular complexity index is 1060. The molecule has 2 atom stereocenters. The number of rotatable bonds is 4. The number of hydrogen-bond acceptors (Lipinski definition) is 5. The zero-order valence-corrected chi connectivity index (χ0v) is 18.0. The van der Waals surface area contributed by atoms with E-state index in [-0.39, 0.29) is 16.4 Å². The highest BCUT2D eigenvalue weighted by molar-refractivity contribution is 7.89. The normalized spacial score (nSPS) is 22.5. The molecule has 9 heteroatoms. The van der Waals surface area contributed by atoms with Gasteiger partial charge in [-0.05, 0) is 48.9 Å². The molecule has 1 fully saturated rings. The van der Waals surface area contributed by atoms with E-state index >= 15 is 0 Å². The van der Waals surface area contributed by atoms with E-state index in [0.29, 0.717) is 49.3 Å². The number of anilines is 1. The zero-order chi connectivity index (χ0) is 21.5.